The van der Waals surface area contributed by atoms with Crippen molar-refractivity contribution in [2.24, 2.45) is 0 Å². The van der Waals surface area contributed by atoms with Crippen LogP contribution in [-0.4, -0.2) is 11.6 Å². The van der Waals surface area contributed by atoms with E-state index in [2.05, 4.69) is 11.9 Å². The molecule has 2 aromatic rings. The molecule has 18 heavy (non-hydrogen) atoms. The topological polar surface area (TPSA) is 52.3 Å². The van der Waals surface area contributed by atoms with E-state index in [1.807, 2.05) is 25.1 Å². The highest BCUT2D eigenvalue weighted by Crippen LogP contribution is 2.15. The van der Waals surface area contributed by atoms with Crippen molar-refractivity contribution in [2.75, 3.05) is 6.61 Å². The van der Waals surface area contributed by atoms with Crippen LogP contribution in [0.2, 0.25) is 0 Å². The molecule has 0 aliphatic heterocycles. The van der Waals surface area contributed by atoms with Crippen LogP contribution < -0.4 is 10.4 Å². The highest BCUT2D eigenvalue weighted by Gasteiger charge is 2.06. The first-order chi connectivity index (χ1) is 8.74. The molecule has 0 bridgehead atoms. The number of hydrogen-bond donors (Lipinski definition) is 0. The molecular formula is C14H15NO3. The van der Waals surface area contributed by atoms with Gasteiger partial charge >= 0.3 is 11.7 Å². The lowest BCUT2D eigenvalue weighted by Gasteiger charge is -2.02. The third kappa shape index (κ3) is 2.59. The van der Waals surface area contributed by atoms with Crippen molar-refractivity contribution in [2.45, 2.75) is 20.3 Å². The number of benzene rings is 1. The molecule has 4 heteroatoms. The Morgan fingerprint density at radius 3 is 2.94 bits per heavy atom. The molecule has 0 radical (unpaired) electrons. The molecule has 1 aromatic carbocycles. The largest absolute Gasteiger partial charge is 0.450 e. The number of allylic oxidation sites excluding steroid dienone is 1. The van der Waals surface area contributed by atoms with Gasteiger partial charge in [-0.2, -0.15) is 4.98 Å². The minimum Gasteiger partial charge on any atom is -0.450 e. The molecule has 0 unspecified atom stereocenters. The summed E-state index contributed by atoms with van der Waals surface area (Å²) in [6.07, 6.45) is 4.97. The van der Waals surface area contributed by atoms with Gasteiger partial charge in [0, 0.05) is 0 Å². The van der Waals surface area contributed by atoms with E-state index in [1.165, 1.54) is 0 Å². The third-order valence-corrected chi connectivity index (χ3v) is 2.45. The highest BCUT2D eigenvalue weighted by molar-refractivity contribution is 5.80. The van der Waals surface area contributed by atoms with E-state index in [0.717, 1.165) is 12.0 Å². The smallest absolute Gasteiger partial charge is 0.397 e. The van der Waals surface area contributed by atoms with Gasteiger partial charge < -0.3 is 9.15 Å². The summed E-state index contributed by atoms with van der Waals surface area (Å²) in [5, 5.41) is 0.469. The average molecular weight is 245 g/mol. The summed E-state index contributed by atoms with van der Waals surface area (Å²) in [7, 11) is 0. The van der Waals surface area contributed by atoms with Gasteiger partial charge in [0.2, 0.25) is 0 Å². The molecule has 94 valence electrons. The molecule has 0 amide bonds. The molecule has 0 atom stereocenters. The number of ether oxygens (including phenoxy) is 1. The fourth-order valence-corrected chi connectivity index (χ4v) is 1.61. The maximum Gasteiger partial charge on any atom is 0.397 e. The fourth-order valence-electron chi connectivity index (χ4n) is 1.61. The Hall–Kier alpha value is -2.10. The zero-order valence-corrected chi connectivity index (χ0v) is 10.5. The minimum absolute atomic E-state index is 0.0202. The minimum atomic E-state index is -0.421. The van der Waals surface area contributed by atoms with E-state index in [1.54, 1.807) is 12.1 Å². The molecule has 0 aliphatic carbocycles. The second kappa shape index (κ2) is 5.49. The van der Waals surface area contributed by atoms with Crippen molar-refractivity contribution >= 4 is 17.0 Å². The number of hydrogen-bond acceptors (Lipinski definition) is 4. The fraction of sp³-hybridized carbons (Fsp3) is 0.286. The molecule has 0 saturated carbocycles. The van der Waals surface area contributed by atoms with E-state index in [0.29, 0.717) is 17.5 Å². The third-order valence-electron chi connectivity index (χ3n) is 2.45. The molecule has 0 N–H and O–H groups in total. The first kappa shape index (κ1) is 12.4. The Kier molecular flexibility index (Phi) is 3.77. The highest BCUT2D eigenvalue weighted by atomic mass is 16.6. The summed E-state index contributed by atoms with van der Waals surface area (Å²) >= 11 is 0. The van der Waals surface area contributed by atoms with Crippen LogP contribution in [0.1, 0.15) is 25.8 Å². The number of fused-ring (bicyclic) bond motifs is 1. The van der Waals surface area contributed by atoms with E-state index < -0.39 is 5.63 Å². The predicted molar refractivity (Wildman–Crippen MR) is 70.8 cm³/mol. The Morgan fingerprint density at radius 1 is 1.39 bits per heavy atom. The second-order valence-corrected chi connectivity index (χ2v) is 3.79. The lowest BCUT2D eigenvalue weighted by Crippen LogP contribution is -2.05. The van der Waals surface area contributed by atoms with Crippen molar-refractivity contribution in [3.05, 3.63) is 40.3 Å². The van der Waals surface area contributed by atoms with Crippen LogP contribution in [0.4, 0.5) is 0 Å². The lowest BCUT2D eigenvalue weighted by molar-refractivity contribution is 0.229. The Balaban J connectivity index is 2.51. The molecule has 2 rings (SSSR count). The van der Waals surface area contributed by atoms with Crippen molar-refractivity contribution in [3.8, 4) is 6.08 Å². The van der Waals surface area contributed by atoms with E-state index in [-0.39, 0.29) is 6.08 Å². The predicted octanol–water partition coefficient (Wildman–Crippen LogP) is 3.01. The zero-order chi connectivity index (χ0) is 13.0. The van der Waals surface area contributed by atoms with Gasteiger partial charge in [0.1, 0.15) is 0 Å². The van der Waals surface area contributed by atoms with Crippen molar-refractivity contribution in [1.82, 2.24) is 4.98 Å². The summed E-state index contributed by atoms with van der Waals surface area (Å²) < 4.78 is 10.1. The molecule has 1 heterocycles. The van der Waals surface area contributed by atoms with Crippen molar-refractivity contribution < 1.29 is 9.15 Å². The van der Waals surface area contributed by atoms with Gasteiger partial charge in [-0.25, -0.2) is 4.79 Å². The van der Waals surface area contributed by atoms with Crippen molar-refractivity contribution in [1.29, 1.82) is 0 Å². The molecular weight excluding hydrogens is 230 g/mol. The van der Waals surface area contributed by atoms with Crippen LogP contribution >= 0.6 is 0 Å². The summed E-state index contributed by atoms with van der Waals surface area (Å²) in [5.41, 5.74) is 1.13. The van der Waals surface area contributed by atoms with E-state index in [4.69, 9.17) is 9.15 Å². The second-order valence-electron chi connectivity index (χ2n) is 3.79. The number of rotatable bonds is 4. The number of nitrogens with zero attached hydrogens (tertiary/aromatic N) is 1. The molecule has 0 spiro atoms. The Labute approximate surface area is 105 Å². The summed E-state index contributed by atoms with van der Waals surface area (Å²) in [4.78, 5) is 15.9. The monoisotopic (exact) mass is 245 g/mol. The average Bonchev–Trinajstić information content (AvgIpc) is 2.37. The first-order valence-corrected chi connectivity index (χ1v) is 5.98. The van der Waals surface area contributed by atoms with Crippen LogP contribution in [0.15, 0.2) is 33.5 Å². The molecule has 0 aliphatic rings. The summed E-state index contributed by atoms with van der Waals surface area (Å²) in [6.45, 7) is 4.28. The van der Waals surface area contributed by atoms with Crippen LogP contribution in [0, 0.1) is 0 Å². The van der Waals surface area contributed by atoms with E-state index >= 15 is 0 Å². The quantitative estimate of drug-likeness (QED) is 0.830. The normalized spacial score (nSPS) is 11.2. The van der Waals surface area contributed by atoms with Gasteiger partial charge in [-0.3, -0.25) is 0 Å². The maximum atomic E-state index is 11.8. The van der Waals surface area contributed by atoms with Gasteiger partial charge in [-0.1, -0.05) is 25.1 Å². The Morgan fingerprint density at radius 2 is 2.22 bits per heavy atom. The van der Waals surface area contributed by atoms with Gasteiger partial charge in [0.05, 0.1) is 17.5 Å². The first-order valence-electron chi connectivity index (χ1n) is 5.98. The molecule has 4 nitrogen and oxygen atoms in total. The van der Waals surface area contributed by atoms with Gasteiger partial charge in [0.15, 0.2) is 0 Å². The molecule has 1 aromatic heterocycles. The summed E-state index contributed by atoms with van der Waals surface area (Å²) in [6, 6.07) is 5.48. The van der Waals surface area contributed by atoms with Crippen molar-refractivity contribution in [3.63, 3.8) is 0 Å². The molecule has 0 saturated heterocycles. The summed E-state index contributed by atoms with van der Waals surface area (Å²) in [5.74, 6) is 0. The SMILES string of the molecule is CCC=Cc1ccc2nc(OCC)oc(=O)c2c1. The van der Waals surface area contributed by atoms with Gasteiger partial charge in [-0.15, -0.1) is 0 Å². The van der Waals surface area contributed by atoms with Crippen LogP contribution in [0.25, 0.3) is 17.0 Å². The van der Waals surface area contributed by atoms with Crippen LogP contribution in [0.3, 0.4) is 0 Å². The molecule has 0 fully saturated rings. The van der Waals surface area contributed by atoms with Crippen LogP contribution in [-0.2, 0) is 0 Å². The lowest BCUT2D eigenvalue weighted by atomic mass is 10.1. The van der Waals surface area contributed by atoms with Gasteiger partial charge in [-0.05, 0) is 31.0 Å². The van der Waals surface area contributed by atoms with Gasteiger partial charge in [0.25, 0.3) is 0 Å². The van der Waals surface area contributed by atoms with E-state index in [9.17, 15) is 4.79 Å². The van der Waals surface area contributed by atoms with Crippen LogP contribution in [0.5, 0.6) is 6.08 Å². The standard InChI is InChI=1S/C14H15NO3/c1-3-5-6-10-7-8-12-11(9-10)13(16)18-14(15-12)17-4-2/h5-9H,3-4H2,1-2H3. The Bertz CT molecular complexity index is 628. The zero-order valence-electron chi connectivity index (χ0n) is 10.5. The number of aromatic nitrogens is 1. The maximum absolute atomic E-state index is 11.8.